The fourth-order valence-corrected chi connectivity index (χ4v) is 1.74. The van der Waals surface area contributed by atoms with Crippen LogP contribution < -0.4 is 15.4 Å². The van der Waals surface area contributed by atoms with E-state index in [1.165, 1.54) is 12.1 Å². The molecule has 1 heterocycles. The normalized spacial score (nSPS) is 10.5. The summed E-state index contributed by atoms with van der Waals surface area (Å²) in [6.07, 6.45) is 0. The highest BCUT2D eigenvalue weighted by Crippen LogP contribution is 2.21. The third-order valence-corrected chi connectivity index (χ3v) is 2.54. The summed E-state index contributed by atoms with van der Waals surface area (Å²) in [4.78, 5) is 8.55. The first kappa shape index (κ1) is 15.0. The van der Waals surface area contributed by atoms with Crippen LogP contribution in [-0.2, 0) is 0 Å². The van der Waals surface area contributed by atoms with Gasteiger partial charge >= 0.3 is 6.61 Å². The van der Waals surface area contributed by atoms with Crippen molar-refractivity contribution in [2.75, 3.05) is 17.2 Å². The lowest BCUT2D eigenvalue weighted by Gasteiger charge is -2.10. The molecular formula is C14H16F2N4O. The van der Waals surface area contributed by atoms with Crippen LogP contribution in [-0.4, -0.2) is 23.1 Å². The van der Waals surface area contributed by atoms with Gasteiger partial charge < -0.3 is 15.4 Å². The lowest BCUT2D eigenvalue weighted by atomic mass is 10.3. The van der Waals surface area contributed by atoms with Crippen LogP contribution in [0.15, 0.2) is 30.3 Å². The number of alkyl halides is 2. The smallest absolute Gasteiger partial charge is 0.387 e. The molecule has 0 unspecified atom stereocenters. The maximum absolute atomic E-state index is 12.1. The lowest BCUT2D eigenvalue weighted by molar-refractivity contribution is -0.0498. The Morgan fingerprint density at radius 1 is 1.19 bits per heavy atom. The Labute approximate surface area is 121 Å². The quantitative estimate of drug-likeness (QED) is 0.853. The number of rotatable bonds is 6. The first-order valence-electron chi connectivity index (χ1n) is 6.48. The van der Waals surface area contributed by atoms with Gasteiger partial charge in [0.15, 0.2) is 0 Å². The first-order chi connectivity index (χ1) is 10.1. The first-order valence-corrected chi connectivity index (χ1v) is 6.48. The van der Waals surface area contributed by atoms with Gasteiger partial charge in [0.25, 0.3) is 0 Å². The Kier molecular flexibility index (Phi) is 4.86. The highest BCUT2D eigenvalue weighted by atomic mass is 19.3. The Morgan fingerprint density at radius 2 is 1.90 bits per heavy atom. The molecule has 0 atom stereocenters. The van der Waals surface area contributed by atoms with Crippen molar-refractivity contribution >= 4 is 17.5 Å². The second kappa shape index (κ2) is 6.83. The number of hydrogen-bond donors (Lipinski definition) is 2. The predicted octanol–water partition coefficient (Wildman–Crippen LogP) is 3.56. The molecule has 7 heteroatoms. The summed E-state index contributed by atoms with van der Waals surface area (Å²) >= 11 is 0. The molecule has 2 aromatic rings. The van der Waals surface area contributed by atoms with Crippen LogP contribution in [0, 0.1) is 6.92 Å². The van der Waals surface area contributed by atoms with E-state index < -0.39 is 6.61 Å². The molecule has 21 heavy (non-hydrogen) atoms. The maximum atomic E-state index is 12.1. The largest absolute Gasteiger partial charge is 0.435 e. The number of aromatic nitrogens is 2. The number of halogens is 2. The van der Waals surface area contributed by atoms with E-state index in [9.17, 15) is 8.78 Å². The summed E-state index contributed by atoms with van der Waals surface area (Å²) in [5, 5.41) is 6.13. The maximum Gasteiger partial charge on any atom is 0.387 e. The second-order valence-corrected chi connectivity index (χ2v) is 4.28. The van der Waals surface area contributed by atoms with E-state index in [0.717, 1.165) is 17.9 Å². The van der Waals surface area contributed by atoms with Crippen LogP contribution in [0.1, 0.15) is 12.6 Å². The number of aryl methyl sites for hydroxylation is 1. The number of benzene rings is 1. The van der Waals surface area contributed by atoms with Crippen LogP contribution in [0.2, 0.25) is 0 Å². The number of hydrogen-bond acceptors (Lipinski definition) is 5. The van der Waals surface area contributed by atoms with E-state index in [4.69, 9.17) is 0 Å². The van der Waals surface area contributed by atoms with Crippen LogP contribution in [0.25, 0.3) is 0 Å². The average molecular weight is 294 g/mol. The Hall–Kier alpha value is -2.44. The van der Waals surface area contributed by atoms with Gasteiger partial charge in [-0.3, -0.25) is 0 Å². The molecule has 1 aromatic carbocycles. The summed E-state index contributed by atoms with van der Waals surface area (Å²) in [5.41, 5.74) is 1.54. The Balaban J connectivity index is 2.10. The summed E-state index contributed by atoms with van der Waals surface area (Å²) < 4.78 is 28.4. The zero-order valence-corrected chi connectivity index (χ0v) is 11.7. The molecule has 0 fully saturated rings. The van der Waals surface area contributed by atoms with Crippen molar-refractivity contribution < 1.29 is 13.5 Å². The molecule has 0 saturated heterocycles. The molecule has 112 valence electrons. The monoisotopic (exact) mass is 294 g/mol. The molecule has 1 aromatic heterocycles. The topological polar surface area (TPSA) is 59.1 Å². The van der Waals surface area contributed by atoms with E-state index in [1.807, 2.05) is 13.8 Å². The van der Waals surface area contributed by atoms with E-state index in [0.29, 0.717) is 11.8 Å². The molecule has 0 amide bonds. The van der Waals surface area contributed by atoms with Crippen molar-refractivity contribution in [3.8, 4) is 5.75 Å². The van der Waals surface area contributed by atoms with Crippen LogP contribution in [0.3, 0.4) is 0 Å². The van der Waals surface area contributed by atoms with E-state index >= 15 is 0 Å². The standard InChI is InChI=1S/C14H16F2N4O/c1-3-17-14-18-9(2)8-12(20-14)19-10-4-6-11(7-5-10)21-13(15)16/h4-8,13H,3H2,1-2H3,(H2,17,18,19,20). The zero-order valence-electron chi connectivity index (χ0n) is 11.7. The van der Waals surface area contributed by atoms with Gasteiger partial charge in [0.1, 0.15) is 11.6 Å². The molecule has 0 spiro atoms. The molecule has 0 bridgehead atoms. The molecule has 0 radical (unpaired) electrons. The van der Waals surface area contributed by atoms with Gasteiger partial charge in [0.05, 0.1) is 0 Å². The van der Waals surface area contributed by atoms with Crippen LogP contribution in [0.4, 0.5) is 26.2 Å². The summed E-state index contributed by atoms with van der Waals surface area (Å²) in [5.74, 6) is 1.28. The highest BCUT2D eigenvalue weighted by molar-refractivity contribution is 5.58. The fourth-order valence-electron chi connectivity index (χ4n) is 1.74. The van der Waals surface area contributed by atoms with Crippen molar-refractivity contribution in [1.29, 1.82) is 0 Å². The molecule has 0 aliphatic heterocycles. The van der Waals surface area contributed by atoms with Crippen LogP contribution in [0.5, 0.6) is 5.75 Å². The second-order valence-electron chi connectivity index (χ2n) is 4.28. The van der Waals surface area contributed by atoms with Gasteiger partial charge in [-0.25, -0.2) is 4.98 Å². The number of nitrogens with one attached hydrogen (secondary N) is 2. The van der Waals surface area contributed by atoms with E-state index in [2.05, 4.69) is 25.3 Å². The van der Waals surface area contributed by atoms with Crippen LogP contribution >= 0.6 is 0 Å². The Morgan fingerprint density at radius 3 is 2.52 bits per heavy atom. The zero-order chi connectivity index (χ0) is 15.2. The lowest BCUT2D eigenvalue weighted by Crippen LogP contribution is -2.05. The van der Waals surface area contributed by atoms with Gasteiger partial charge in [0, 0.05) is 24.0 Å². The van der Waals surface area contributed by atoms with Crippen molar-refractivity contribution in [3.05, 3.63) is 36.0 Å². The van der Waals surface area contributed by atoms with Gasteiger partial charge in [-0.15, -0.1) is 0 Å². The molecule has 0 saturated carbocycles. The molecule has 2 rings (SSSR count). The van der Waals surface area contributed by atoms with Crippen molar-refractivity contribution in [2.24, 2.45) is 0 Å². The summed E-state index contributed by atoms with van der Waals surface area (Å²) in [7, 11) is 0. The van der Waals surface area contributed by atoms with Crippen molar-refractivity contribution in [2.45, 2.75) is 20.5 Å². The minimum Gasteiger partial charge on any atom is -0.435 e. The average Bonchev–Trinajstić information content (AvgIpc) is 2.40. The molecule has 0 aliphatic rings. The predicted molar refractivity (Wildman–Crippen MR) is 77.3 cm³/mol. The number of nitrogens with zero attached hydrogens (tertiary/aromatic N) is 2. The van der Waals surface area contributed by atoms with Gasteiger partial charge in [-0.2, -0.15) is 13.8 Å². The third-order valence-electron chi connectivity index (χ3n) is 2.54. The summed E-state index contributed by atoms with van der Waals surface area (Å²) in [6, 6.07) is 8.01. The molecule has 2 N–H and O–H groups in total. The molecule has 0 aliphatic carbocycles. The highest BCUT2D eigenvalue weighted by Gasteiger charge is 2.05. The minimum atomic E-state index is -2.82. The minimum absolute atomic E-state index is 0.114. The molecule has 5 nitrogen and oxygen atoms in total. The van der Waals surface area contributed by atoms with Gasteiger partial charge in [-0.1, -0.05) is 0 Å². The van der Waals surface area contributed by atoms with E-state index in [-0.39, 0.29) is 5.75 Å². The van der Waals surface area contributed by atoms with Gasteiger partial charge in [-0.05, 0) is 38.1 Å². The molecular weight excluding hydrogens is 278 g/mol. The Bertz CT molecular complexity index is 590. The summed E-state index contributed by atoms with van der Waals surface area (Å²) in [6.45, 7) is 1.73. The van der Waals surface area contributed by atoms with E-state index in [1.54, 1.807) is 18.2 Å². The SMILES string of the molecule is CCNc1nc(C)cc(Nc2ccc(OC(F)F)cc2)n1. The third kappa shape index (κ3) is 4.55. The van der Waals surface area contributed by atoms with Gasteiger partial charge in [0.2, 0.25) is 5.95 Å². The fraction of sp³-hybridized carbons (Fsp3) is 0.286. The number of anilines is 3. The van der Waals surface area contributed by atoms with Crippen molar-refractivity contribution in [1.82, 2.24) is 9.97 Å². The number of ether oxygens (including phenoxy) is 1. The van der Waals surface area contributed by atoms with Crippen molar-refractivity contribution in [3.63, 3.8) is 0 Å².